The highest BCUT2D eigenvalue weighted by molar-refractivity contribution is 9.11. The summed E-state index contributed by atoms with van der Waals surface area (Å²) >= 11 is 6.68. The zero-order valence-electron chi connectivity index (χ0n) is 5.15. The van der Waals surface area contributed by atoms with Crippen molar-refractivity contribution in [3.05, 3.63) is 14.8 Å². The lowest BCUT2D eigenvalue weighted by Gasteiger charge is -1.88. The van der Waals surface area contributed by atoms with Crippen LogP contribution in [0.15, 0.2) is 9.21 Å². The van der Waals surface area contributed by atoms with E-state index in [1.165, 1.54) is 0 Å². The van der Waals surface area contributed by atoms with Crippen LogP contribution in [-0.2, 0) is 7.05 Å². The minimum Gasteiger partial charge on any atom is -0.260 e. The fraction of sp³-hybridized carbons (Fsp3) is 0.400. The lowest BCUT2D eigenvalue weighted by molar-refractivity contribution is 0.743. The maximum Gasteiger partial charge on any atom is 0.132 e. The summed E-state index contributed by atoms with van der Waals surface area (Å²) in [4.78, 5) is 0. The number of halogens is 2. The molecule has 50 valence electrons. The van der Waals surface area contributed by atoms with Gasteiger partial charge in [0.1, 0.15) is 9.21 Å². The van der Waals surface area contributed by atoms with E-state index in [0.717, 1.165) is 14.8 Å². The molecule has 0 bridgehead atoms. The molecule has 0 unspecified atom stereocenters. The Morgan fingerprint density at radius 3 is 2.11 bits per heavy atom. The van der Waals surface area contributed by atoms with Gasteiger partial charge < -0.3 is 0 Å². The van der Waals surface area contributed by atoms with Crippen molar-refractivity contribution in [2.24, 2.45) is 7.05 Å². The van der Waals surface area contributed by atoms with Crippen molar-refractivity contribution in [1.82, 2.24) is 9.78 Å². The molecule has 0 N–H and O–H groups in total. The Kier molecular flexibility index (Phi) is 1.96. The quantitative estimate of drug-likeness (QED) is 0.694. The van der Waals surface area contributed by atoms with Crippen LogP contribution in [0.3, 0.4) is 0 Å². The number of hydrogen-bond acceptors (Lipinski definition) is 1. The molecular formula is C5H6Br2N2. The molecule has 0 aliphatic rings. The van der Waals surface area contributed by atoms with Gasteiger partial charge in [-0.25, -0.2) is 0 Å². The first-order chi connectivity index (χ1) is 4.13. The molecule has 0 atom stereocenters. The number of hydrogen-bond donors (Lipinski definition) is 0. The van der Waals surface area contributed by atoms with E-state index in [-0.39, 0.29) is 0 Å². The van der Waals surface area contributed by atoms with E-state index < -0.39 is 0 Å². The smallest absolute Gasteiger partial charge is 0.132 e. The third-order valence-corrected chi connectivity index (χ3v) is 3.00. The van der Waals surface area contributed by atoms with Crippen LogP contribution in [0.25, 0.3) is 0 Å². The summed E-state index contributed by atoms with van der Waals surface area (Å²) in [5, 5.41) is 4.10. The van der Waals surface area contributed by atoms with E-state index in [0.29, 0.717) is 0 Å². The molecule has 0 radical (unpaired) electrons. The third-order valence-electron chi connectivity index (χ3n) is 1.14. The third kappa shape index (κ3) is 1.19. The molecule has 1 aromatic heterocycles. The minimum absolute atomic E-state index is 0.900. The van der Waals surface area contributed by atoms with E-state index in [9.17, 15) is 0 Å². The lowest BCUT2D eigenvalue weighted by atomic mass is 10.4. The van der Waals surface area contributed by atoms with E-state index >= 15 is 0 Å². The molecule has 9 heavy (non-hydrogen) atoms. The summed E-state index contributed by atoms with van der Waals surface area (Å²) in [7, 11) is 1.89. The van der Waals surface area contributed by atoms with Gasteiger partial charge in [0.25, 0.3) is 0 Å². The maximum absolute atomic E-state index is 4.10. The molecule has 0 aromatic carbocycles. The molecule has 0 saturated carbocycles. The predicted octanol–water partition coefficient (Wildman–Crippen LogP) is 2.25. The highest BCUT2D eigenvalue weighted by Gasteiger charge is 2.04. The standard InChI is InChI=1S/C5H6Br2N2/c1-3-4(6)8-9(2)5(3)7/h1-2H3. The van der Waals surface area contributed by atoms with Crippen molar-refractivity contribution in [1.29, 1.82) is 0 Å². The fourth-order valence-electron chi connectivity index (χ4n) is 0.578. The van der Waals surface area contributed by atoms with Crippen molar-refractivity contribution >= 4 is 31.9 Å². The van der Waals surface area contributed by atoms with Gasteiger partial charge in [-0.3, -0.25) is 4.68 Å². The van der Waals surface area contributed by atoms with Crippen molar-refractivity contribution in [3.63, 3.8) is 0 Å². The molecule has 0 fully saturated rings. The summed E-state index contributed by atoms with van der Waals surface area (Å²) in [6, 6.07) is 0. The van der Waals surface area contributed by atoms with Crippen molar-refractivity contribution in [2.75, 3.05) is 0 Å². The van der Waals surface area contributed by atoms with Gasteiger partial charge in [-0.15, -0.1) is 0 Å². The highest BCUT2D eigenvalue weighted by atomic mass is 79.9. The Bertz CT molecular complexity index is 207. The summed E-state index contributed by atoms with van der Waals surface area (Å²) in [6.07, 6.45) is 0. The fourth-order valence-corrected chi connectivity index (χ4v) is 1.54. The highest BCUT2D eigenvalue weighted by Crippen LogP contribution is 2.21. The van der Waals surface area contributed by atoms with Crippen LogP contribution in [0.4, 0.5) is 0 Å². The Hall–Kier alpha value is 0.170. The van der Waals surface area contributed by atoms with Crippen molar-refractivity contribution < 1.29 is 0 Å². The van der Waals surface area contributed by atoms with Gasteiger partial charge in [-0.1, -0.05) is 0 Å². The number of nitrogens with zero attached hydrogens (tertiary/aromatic N) is 2. The van der Waals surface area contributed by atoms with Gasteiger partial charge in [0, 0.05) is 12.6 Å². The Morgan fingerprint density at radius 1 is 1.44 bits per heavy atom. The monoisotopic (exact) mass is 252 g/mol. The second kappa shape index (κ2) is 2.42. The molecule has 0 aliphatic heterocycles. The molecule has 1 rings (SSSR count). The SMILES string of the molecule is Cc1c(Br)nn(C)c1Br. The van der Waals surface area contributed by atoms with Gasteiger partial charge in [0.2, 0.25) is 0 Å². The van der Waals surface area contributed by atoms with E-state index in [1.807, 2.05) is 14.0 Å². The molecule has 0 spiro atoms. The van der Waals surface area contributed by atoms with E-state index in [2.05, 4.69) is 37.0 Å². The number of rotatable bonds is 0. The molecule has 0 aliphatic carbocycles. The largest absolute Gasteiger partial charge is 0.260 e. The zero-order valence-corrected chi connectivity index (χ0v) is 8.32. The second-order valence-electron chi connectivity index (χ2n) is 1.83. The molecule has 1 heterocycles. The molecule has 0 amide bonds. The zero-order chi connectivity index (χ0) is 7.02. The summed E-state index contributed by atoms with van der Waals surface area (Å²) in [5.41, 5.74) is 1.14. The first-order valence-corrected chi connectivity index (χ1v) is 4.06. The minimum atomic E-state index is 0.900. The molecule has 0 saturated heterocycles. The first-order valence-electron chi connectivity index (χ1n) is 2.47. The van der Waals surface area contributed by atoms with Crippen LogP contribution in [0, 0.1) is 6.92 Å². The second-order valence-corrected chi connectivity index (χ2v) is 3.33. The van der Waals surface area contributed by atoms with Gasteiger partial charge in [0.15, 0.2) is 0 Å². The van der Waals surface area contributed by atoms with Crippen LogP contribution in [-0.4, -0.2) is 9.78 Å². The summed E-state index contributed by atoms with van der Waals surface area (Å²) in [5.74, 6) is 0. The topological polar surface area (TPSA) is 17.8 Å². The summed E-state index contributed by atoms with van der Waals surface area (Å²) in [6.45, 7) is 2.00. The number of aromatic nitrogens is 2. The lowest BCUT2D eigenvalue weighted by Crippen LogP contribution is -1.88. The Labute approximate surface area is 70.5 Å². The van der Waals surface area contributed by atoms with E-state index in [4.69, 9.17) is 0 Å². The van der Waals surface area contributed by atoms with Gasteiger partial charge >= 0.3 is 0 Å². The average molecular weight is 254 g/mol. The predicted molar refractivity (Wildman–Crippen MR) is 43.3 cm³/mol. The van der Waals surface area contributed by atoms with Gasteiger partial charge in [-0.05, 0) is 38.8 Å². The molecule has 1 aromatic rings. The van der Waals surface area contributed by atoms with Gasteiger partial charge in [-0.2, -0.15) is 5.10 Å². The Balaban J connectivity index is 3.29. The molecule has 2 nitrogen and oxygen atoms in total. The van der Waals surface area contributed by atoms with Crippen molar-refractivity contribution in [2.45, 2.75) is 6.92 Å². The number of aryl methyl sites for hydroxylation is 1. The van der Waals surface area contributed by atoms with Crippen LogP contribution in [0.1, 0.15) is 5.56 Å². The average Bonchev–Trinajstić information content (AvgIpc) is 1.98. The molecule has 4 heteroatoms. The van der Waals surface area contributed by atoms with Gasteiger partial charge in [0.05, 0.1) is 0 Å². The van der Waals surface area contributed by atoms with Crippen molar-refractivity contribution in [3.8, 4) is 0 Å². The Morgan fingerprint density at radius 2 is 2.00 bits per heavy atom. The summed E-state index contributed by atoms with van der Waals surface area (Å²) < 4.78 is 3.70. The van der Waals surface area contributed by atoms with Crippen LogP contribution < -0.4 is 0 Å². The normalized spacial score (nSPS) is 10.2. The van der Waals surface area contributed by atoms with Crippen LogP contribution in [0.5, 0.6) is 0 Å². The van der Waals surface area contributed by atoms with Crippen LogP contribution >= 0.6 is 31.9 Å². The van der Waals surface area contributed by atoms with E-state index in [1.54, 1.807) is 4.68 Å². The van der Waals surface area contributed by atoms with Crippen LogP contribution in [0.2, 0.25) is 0 Å². The molecular weight excluding hydrogens is 248 g/mol. The first kappa shape index (κ1) is 7.28. The maximum atomic E-state index is 4.10.